The lowest BCUT2D eigenvalue weighted by Gasteiger charge is -2.05. The molecule has 2 rings (SSSR count). The van der Waals surface area contributed by atoms with Gasteiger partial charge >= 0.3 is 0 Å². The van der Waals surface area contributed by atoms with E-state index < -0.39 is 5.91 Å². The number of Topliss-reactive ketones (excluding diaryl/α,β-unsaturated/α-hetero) is 1. The summed E-state index contributed by atoms with van der Waals surface area (Å²) in [5.74, 6) is 5.35. The summed E-state index contributed by atoms with van der Waals surface area (Å²) >= 11 is 0. The van der Waals surface area contributed by atoms with E-state index in [1.807, 2.05) is 5.43 Å². The molecule has 6 nitrogen and oxygen atoms in total. The monoisotopic (exact) mass is 222 g/mol. The van der Waals surface area contributed by atoms with Gasteiger partial charge in [-0.25, -0.2) is 5.84 Å². The molecule has 16 heavy (non-hydrogen) atoms. The van der Waals surface area contributed by atoms with Crippen molar-refractivity contribution in [2.75, 3.05) is 13.2 Å². The summed E-state index contributed by atoms with van der Waals surface area (Å²) in [5, 5.41) is 0. The van der Waals surface area contributed by atoms with E-state index in [-0.39, 0.29) is 19.0 Å². The topological polar surface area (TPSA) is 90.7 Å². The number of nitrogens with one attached hydrogen (secondary N) is 1. The minimum atomic E-state index is -0.433. The Kier molecular flexibility index (Phi) is 2.74. The highest BCUT2D eigenvalue weighted by Crippen LogP contribution is 2.29. The lowest BCUT2D eigenvalue weighted by atomic mass is 10.1. The molecule has 0 aromatic heterocycles. The molecule has 0 radical (unpaired) electrons. The van der Waals surface area contributed by atoms with Crippen LogP contribution in [0.1, 0.15) is 10.4 Å². The van der Waals surface area contributed by atoms with Crippen LogP contribution in [0.3, 0.4) is 0 Å². The van der Waals surface area contributed by atoms with Crippen LogP contribution in [0.15, 0.2) is 18.2 Å². The molecule has 1 aromatic rings. The Bertz CT molecular complexity index is 444. The average Bonchev–Trinajstić information content (AvgIpc) is 2.67. The normalized spacial score (nSPS) is 12.9. The SMILES string of the molecule is NNC(=O)COc1ccc2c(c1)OCC2=O. The highest BCUT2D eigenvalue weighted by atomic mass is 16.5. The quantitative estimate of drug-likeness (QED) is 0.413. The number of ether oxygens (including phenoxy) is 2. The molecule has 0 atom stereocenters. The number of nitrogens with two attached hydrogens (primary N) is 1. The summed E-state index contributed by atoms with van der Waals surface area (Å²) in [5.41, 5.74) is 2.48. The van der Waals surface area contributed by atoms with Crippen LogP contribution in [0.2, 0.25) is 0 Å². The molecular formula is C10H10N2O4. The average molecular weight is 222 g/mol. The summed E-state index contributed by atoms with van der Waals surface area (Å²) in [4.78, 5) is 22.1. The van der Waals surface area contributed by atoms with E-state index in [1.165, 1.54) is 0 Å². The lowest BCUT2D eigenvalue weighted by molar-refractivity contribution is -0.123. The van der Waals surface area contributed by atoms with Crippen molar-refractivity contribution in [2.45, 2.75) is 0 Å². The first-order valence-corrected chi connectivity index (χ1v) is 4.63. The van der Waals surface area contributed by atoms with Crippen molar-refractivity contribution in [2.24, 2.45) is 5.84 Å². The van der Waals surface area contributed by atoms with Crippen LogP contribution in [-0.4, -0.2) is 24.9 Å². The number of ketones is 1. The molecule has 0 saturated carbocycles. The largest absolute Gasteiger partial charge is 0.485 e. The van der Waals surface area contributed by atoms with Crippen molar-refractivity contribution < 1.29 is 19.1 Å². The van der Waals surface area contributed by atoms with E-state index in [2.05, 4.69) is 0 Å². The predicted octanol–water partition coefficient (Wildman–Crippen LogP) is -0.370. The van der Waals surface area contributed by atoms with Gasteiger partial charge in [-0.2, -0.15) is 0 Å². The van der Waals surface area contributed by atoms with Crippen molar-refractivity contribution in [1.82, 2.24) is 5.43 Å². The molecule has 1 aromatic carbocycles. The molecule has 0 bridgehead atoms. The molecule has 0 unspecified atom stereocenters. The first-order valence-electron chi connectivity index (χ1n) is 4.63. The fourth-order valence-corrected chi connectivity index (χ4v) is 1.35. The summed E-state index contributed by atoms with van der Waals surface area (Å²) in [6.45, 7) is -0.120. The number of hydrogen-bond acceptors (Lipinski definition) is 5. The Morgan fingerprint density at radius 1 is 1.56 bits per heavy atom. The Hall–Kier alpha value is -2.08. The number of hydrazine groups is 1. The summed E-state index contributed by atoms with van der Waals surface area (Å²) in [6, 6.07) is 4.79. The second-order valence-corrected chi connectivity index (χ2v) is 3.23. The maximum Gasteiger partial charge on any atom is 0.271 e. The summed E-state index contributed by atoms with van der Waals surface area (Å²) in [7, 11) is 0. The van der Waals surface area contributed by atoms with Crippen LogP contribution >= 0.6 is 0 Å². The zero-order valence-corrected chi connectivity index (χ0v) is 8.36. The van der Waals surface area contributed by atoms with E-state index in [0.717, 1.165) is 0 Å². The number of rotatable bonds is 3. The van der Waals surface area contributed by atoms with Gasteiger partial charge in [0.2, 0.25) is 5.78 Å². The number of amides is 1. The molecule has 0 aliphatic carbocycles. The van der Waals surface area contributed by atoms with Crippen molar-refractivity contribution >= 4 is 11.7 Å². The third-order valence-electron chi connectivity index (χ3n) is 2.14. The van der Waals surface area contributed by atoms with Gasteiger partial charge in [0.15, 0.2) is 13.2 Å². The van der Waals surface area contributed by atoms with Crippen LogP contribution in [0.5, 0.6) is 11.5 Å². The van der Waals surface area contributed by atoms with Crippen molar-refractivity contribution in [1.29, 1.82) is 0 Å². The zero-order valence-electron chi connectivity index (χ0n) is 8.36. The molecule has 1 heterocycles. The van der Waals surface area contributed by atoms with Gasteiger partial charge in [-0.15, -0.1) is 0 Å². The highest BCUT2D eigenvalue weighted by molar-refractivity contribution is 6.02. The highest BCUT2D eigenvalue weighted by Gasteiger charge is 2.21. The van der Waals surface area contributed by atoms with Crippen molar-refractivity contribution in [3.8, 4) is 11.5 Å². The number of benzene rings is 1. The molecule has 3 N–H and O–H groups in total. The van der Waals surface area contributed by atoms with Gasteiger partial charge in [0.05, 0.1) is 5.56 Å². The zero-order chi connectivity index (χ0) is 11.5. The fraction of sp³-hybridized carbons (Fsp3) is 0.200. The van der Waals surface area contributed by atoms with Crippen LogP contribution in [0.4, 0.5) is 0 Å². The summed E-state index contributed by atoms with van der Waals surface area (Å²) in [6.07, 6.45) is 0. The van der Waals surface area contributed by atoms with Gasteiger partial charge in [-0.05, 0) is 12.1 Å². The van der Waals surface area contributed by atoms with Crippen LogP contribution in [0.25, 0.3) is 0 Å². The maximum atomic E-state index is 11.2. The van der Waals surface area contributed by atoms with Crippen LogP contribution in [-0.2, 0) is 4.79 Å². The molecule has 1 aliphatic heterocycles. The van der Waals surface area contributed by atoms with E-state index in [0.29, 0.717) is 17.1 Å². The molecule has 84 valence electrons. The number of hydrogen-bond donors (Lipinski definition) is 2. The predicted molar refractivity (Wildman–Crippen MR) is 54.1 cm³/mol. The maximum absolute atomic E-state index is 11.2. The van der Waals surface area contributed by atoms with E-state index in [9.17, 15) is 9.59 Å². The molecule has 0 fully saturated rings. The Labute approximate surface area is 91.3 Å². The molecule has 1 amide bonds. The second kappa shape index (κ2) is 4.19. The summed E-state index contributed by atoms with van der Waals surface area (Å²) < 4.78 is 10.3. The van der Waals surface area contributed by atoms with E-state index in [1.54, 1.807) is 18.2 Å². The Balaban J connectivity index is 2.08. The molecule has 0 saturated heterocycles. The van der Waals surface area contributed by atoms with Gasteiger partial charge in [0.1, 0.15) is 11.5 Å². The molecular weight excluding hydrogens is 212 g/mol. The first kappa shape index (κ1) is 10.4. The number of carbonyl (C=O) groups is 2. The molecule has 6 heteroatoms. The molecule has 1 aliphatic rings. The smallest absolute Gasteiger partial charge is 0.271 e. The third kappa shape index (κ3) is 1.96. The minimum absolute atomic E-state index is 0.0544. The Morgan fingerprint density at radius 2 is 2.38 bits per heavy atom. The van der Waals surface area contributed by atoms with Gasteiger partial charge in [-0.1, -0.05) is 0 Å². The molecule has 0 spiro atoms. The Morgan fingerprint density at radius 3 is 3.12 bits per heavy atom. The lowest BCUT2D eigenvalue weighted by Crippen LogP contribution is -2.34. The number of carbonyl (C=O) groups excluding carboxylic acids is 2. The van der Waals surface area contributed by atoms with E-state index >= 15 is 0 Å². The van der Waals surface area contributed by atoms with Gasteiger partial charge in [0, 0.05) is 6.07 Å². The van der Waals surface area contributed by atoms with E-state index in [4.69, 9.17) is 15.3 Å². The standard InChI is InChI=1S/C10H10N2O4/c11-12-10(14)5-15-6-1-2-7-8(13)4-16-9(7)3-6/h1-3H,4-5,11H2,(H,12,14). The van der Waals surface area contributed by atoms with Crippen molar-refractivity contribution in [3.05, 3.63) is 23.8 Å². The fourth-order valence-electron chi connectivity index (χ4n) is 1.35. The van der Waals surface area contributed by atoms with Crippen LogP contribution < -0.4 is 20.7 Å². The second-order valence-electron chi connectivity index (χ2n) is 3.23. The van der Waals surface area contributed by atoms with Gasteiger partial charge in [-0.3, -0.25) is 15.0 Å². The van der Waals surface area contributed by atoms with Gasteiger partial charge < -0.3 is 9.47 Å². The number of fused-ring (bicyclic) bond motifs is 1. The van der Waals surface area contributed by atoms with Crippen LogP contribution in [0, 0.1) is 0 Å². The third-order valence-corrected chi connectivity index (χ3v) is 2.14. The van der Waals surface area contributed by atoms with Crippen molar-refractivity contribution in [3.63, 3.8) is 0 Å². The van der Waals surface area contributed by atoms with Gasteiger partial charge in [0.25, 0.3) is 5.91 Å². The minimum Gasteiger partial charge on any atom is -0.485 e. The first-order chi connectivity index (χ1) is 7.70.